The first-order valence-electron chi connectivity index (χ1n) is 24.2. The lowest BCUT2D eigenvalue weighted by molar-refractivity contribution is 0.670. The smallest absolute Gasteiger partial charge is 0.143 e. The highest BCUT2D eigenvalue weighted by atomic mass is 16.3. The van der Waals surface area contributed by atoms with Gasteiger partial charge in [-0.25, -0.2) is 0 Å². The minimum absolute atomic E-state index is 0.877. The normalized spacial score (nSPS) is 11.7. The Morgan fingerprint density at radius 2 is 0.563 bits per heavy atom. The number of rotatable bonds is 8. The number of para-hydroxylation sites is 4. The van der Waals surface area contributed by atoms with Crippen LogP contribution in [0.1, 0.15) is 0 Å². The van der Waals surface area contributed by atoms with E-state index in [0.29, 0.717) is 0 Å². The van der Waals surface area contributed by atoms with Crippen LogP contribution in [0.3, 0.4) is 0 Å². The molecule has 0 bridgehead atoms. The summed E-state index contributed by atoms with van der Waals surface area (Å²) in [7, 11) is 0. The van der Waals surface area contributed by atoms with Crippen LogP contribution in [-0.4, -0.2) is 0 Å². The van der Waals surface area contributed by atoms with Crippen LogP contribution < -0.4 is 4.90 Å². The van der Waals surface area contributed by atoms with Crippen molar-refractivity contribution in [3.63, 3.8) is 0 Å². The SMILES string of the molecule is c1ccc2c(-c3ccc(N(c4ccc(-c5cc(-c6cccc7c6oc6ccccc67)cc(-c6cccc7c6oc6ccccc67)c5)cc4)c4ccc(-c5cccc6ccccc56)cc4)cc3)cccc2c1. The maximum absolute atomic E-state index is 6.64. The van der Waals surface area contributed by atoms with E-state index in [1.54, 1.807) is 0 Å². The van der Waals surface area contributed by atoms with Gasteiger partial charge in [0.25, 0.3) is 0 Å². The van der Waals surface area contributed by atoms with Crippen molar-refractivity contribution in [1.29, 1.82) is 0 Å². The first kappa shape index (κ1) is 40.6. The van der Waals surface area contributed by atoms with E-state index in [0.717, 1.165) is 94.3 Å². The molecule has 14 rings (SSSR count). The van der Waals surface area contributed by atoms with Crippen LogP contribution in [0.5, 0.6) is 0 Å². The van der Waals surface area contributed by atoms with Crippen molar-refractivity contribution in [3.05, 3.63) is 261 Å². The Bertz CT molecular complexity index is 4060. The second kappa shape index (κ2) is 16.7. The van der Waals surface area contributed by atoms with Gasteiger partial charge >= 0.3 is 0 Å². The molecule has 0 N–H and O–H groups in total. The third-order valence-electron chi connectivity index (χ3n) is 14.3. The molecule has 71 heavy (non-hydrogen) atoms. The second-order valence-corrected chi connectivity index (χ2v) is 18.4. The van der Waals surface area contributed by atoms with Crippen LogP contribution in [-0.2, 0) is 0 Å². The summed E-state index contributed by atoms with van der Waals surface area (Å²) < 4.78 is 13.3. The summed E-state index contributed by atoms with van der Waals surface area (Å²) in [5, 5.41) is 9.38. The van der Waals surface area contributed by atoms with Crippen LogP contribution in [0.4, 0.5) is 17.1 Å². The molecule has 0 aliphatic heterocycles. The van der Waals surface area contributed by atoms with E-state index in [2.05, 4.69) is 241 Å². The van der Waals surface area contributed by atoms with Gasteiger partial charge in [-0.15, -0.1) is 0 Å². The molecule has 0 aliphatic rings. The first-order chi connectivity index (χ1) is 35.2. The maximum Gasteiger partial charge on any atom is 0.143 e. The van der Waals surface area contributed by atoms with Gasteiger partial charge in [-0.1, -0.05) is 194 Å². The largest absolute Gasteiger partial charge is 0.455 e. The highest BCUT2D eigenvalue weighted by Crippen LogP contribution is 2.44. The Labute approximate surface area is 410 Å². The van der Waals surface area contributed by atoms with Gasteiger partial charge in [0.2, 0.25) is 0 Å². The predicted molar refractivity (Wildman–Crippen MR) is 298 cm³/mol. The molecular formula is C68H43NO2. The monoisotopic (exact) mass is 905 g/mol. The topological polar surface area (TPSA) is 29.5 Å². The zero-order chi connectivity index (χ0) is 46.8. The Morgan fingerprint density at radius 1 is 0.225 bits per heavy atom. The number of furan rings is 2. The summed E-state index contributed by atoms with van der Waals surface area (Å²) >= 11 is 0. The van der Waals surface area contributed by atoms with E-state index in [1.807, 2.05) is 24.3 Å². The summed E-state index contributed by atoms with van der Waals surface area (Å²) in [6.07, 6.45) is 0. The van der Waals surface area contributed by atoms with Crippen molar-refractivity contribution in [2.45, 2.75) is 0 Å². The van der Waals surface area contributed by atoms with Gasteiger partial charge in [0.15, 0.2) is 0 Å². The average molecular weight is 906 g/mol. The zero-order valence-corrected chi connectivity index (χ0v) is 38.6. The zero-order valence-electron chi connectivity index (χ0n) is 38.6. The highest BCUT2D eigenvalue weighted by molar-refractivity contribution is 6.12. The van der Waals surface area contributed by atoms with Crippen molar-refractivity contribution < 1.29 is 8.83 Å². The van der Waals surface area contributed by atoms with Crippen molar-refractivity contribution in [3.8, 4) is 55.6 Å². The molecular weight excluding hydrogens is 863 g/mol. The molecule has 0 amide bonds. The number of hydrogen-bond donors (Lipinski definition) is 0. The van der Waals surface area contributed by atoms with Crippen LogP contribution in [0.15, 0.2) is 270 Å². The fourth-order valence-electron chi connectivity index (χ4n) is 10.8. The average Bonchev–Trinajstić information content (AvgIpc) is 4.02. The number of hydrogen-bond acceptors (Lipinski definition) is 3. The molecule has 332 valence electrons. The third kappa shape index (κ3) is 6.97. The first-order valence-corrected chi connectivity index (χ1v) is 24.2. The van der Waals surface area contributed by atoms with E-state index in [1.165, 1.54) is 43.8 Å². The van der Waals surface area contributed by atoms with Crippen molar-refractivity contribution in [2.24, 2.45) is 0 Å². The Balaban J connectivity index is 0.903. The molecule has 0 spiro atoms. The van der Waals surface area contributed by atoms with E-state index < -0.39 is 0 Å². The molecule has 0 unspecified atom stereocenters. The van der Waals surface area contributed by atoms with Crippen LogP contribution >= 0.6 is 0 Å². The lowest BCUT2D eigenvalue weighted by Gasteiger charge is -2.26. The molecule has 3 heteroatoms. The summed E-state index contributed by atoms with van der Waals surface area (Å²) in [6, 6.07) is 93.7. The molecule has 3 nitrogen and oxygen atoms in total. The molecule has 2 heterocycles. The minimum atomic E-state index is 0.877. The van der Waals surface area contributed by atoms with Crippen molar-refractivity contribution in [2.75, 3.05) is 4.90 Å². The van der Waals surface area contributed by atoms with Gasteiger partial charge in [-0.05, 0) is 133 Å². The van der Waals surface area contributed by atoms with Crippen molar-refractivity contribution >= 4 is 82.5 Å². The van der Waals surface area contributed by atoms with E-state index in [4.69, 9.17) is 8.83 Å². The molecule has 0 saturated heterocycles. The molecule has 14 aromatic rings. The van der Waals surface area contributed by atoms with E-state index >= 15 is 0 Å². The second-order valence-electron chi connectivity index (χ2n) is 18.4. The lowest BCUT2D eigenvalue weighted by atomic mass is 9.92. The molecule has 0 saturated carbocycles. The molecule has 0 radical (unpaired) electrons. The number of nitrogens with zero attached hydrogens (tertiary/aromatic N) is 1. The Morgan fingerprint density at radius 3 is 1.03 bits per heavy atom. The van der Waals surface area contributed by atoms with Gasteiger partial charge in [0, 0.05) is 49.7 Å². The lowest BCUT2D eigenvalue weighted by Crippen LogP contribution is -2.09. The molecule has 0 fully saturated rings. The fraction of sp³-hybridized carbons (Fsp3) is 0. The highest BCUT2D eigenvalue weighted by Gasteiger charge is 2.19. The molecule has 12 aromatic carbocycles. The summed E-state index contributed by atoms with van der Waals surface area (Å²) in [5.41, 5.74) is 17.9. The van der Waals surface area contributed by atoms with Gasteiger partial charge in [-0.2, -0.15) is 0 Å². The van der Waals surface area contributed by atoms with Crippen LogP contribution in [0, 0.1) is 0 Å². The Kier molecular flexibility index (Phi) is 9.53. The third-order valence-corrected chi connectivity index (χ3v) is 14.3. The van der Waals surface area contributed by atoms with E-state index in [-0.39, 0.29) is 0 Å². The Hall–Kier alpha value is -9.44. The molecule has 2 aromatic heterocycles. The van der Waals surface area contributed by atoms with E-state index in [9.17, 15) is 0 Å². The minimum Gasteiger partial charge on any atom is -0.455 e. The van der Waals surface area contributed by atoms with Gasteiger partial charge in [0.05, 0.1) is 0 Å². The number of anilines is 3. The van der Waals surface area contributed by atoms with Gasteiger partial charge in [-0.3, -0.25) is 0 Å². The molecule has 0 aliphatic carbocycles. The summed E-state index contributed by atoms with van der Waals surface area (Å²) in [4.78, 5) is 2.36. The van der Waals surface area contributed by atoms with Crippen LogP contribution in [0.25, 0.3) is 121 Å². The molecule has 0 atom stereocenters. The standard InChI is InChI=1S/C68H43NO2/c1-3-17-55-45(13-1)15-9-21-57(55)47-31-37-53(38-32-47)69(54-39-33-48(34-40-54)58-22-10-16-46-14-2-4-18-56(46)58)52-35-29-44(30-36-52)49-41-50(59-23-11-25-63-61-19-5-7-27-65(61)70-67(59)63)43-51(42-49)60-24-12-26-64-62-20-6-8-28-66(62)71-68(60)64/h1-43H. The summed E-state index contributed by atoms with van der Waals surface area (Å²) in [5.74, 6) is 0. The van der Waals surface area contributed by atoms with Crippen molar-refractivity contribution in [1.82, 2.24) is 0 Å². The predicted octanol–water partition coefficient (Wildman–Crippen LogP) is 19.6. The van der Waals surface area contributed by atoms with Gasteiger partial charge in [0.1, 0.15) is 22.3 Å². The van der Waals surface area contributed by atoms with Crippen LogP contribution in [0.2, 0.25) is 0 Å². The fourth-order valence-corrected chi connectivity index (χ4v) is 10.8. The quantitative estimate of drug-likeness (QED) is 0.152. The number of fused-ring (bicyclic) bond motifs is 8. The maximum atomic E-state index is 6.64. The number of benzene rings is 12. The summed E-state index contributed by atoms with van der Waals surface area (Å²) in [6.45, 7) is 0. The van der Waals surface area contributed by atoms with Gasteiger partial charge < -0.3 is 13.7 Å².